The molecular formula is C19H19N3O2. The molecule has 1 fully saturated rings. The Morgan fingerprint density at radius 1 is 0.917 bits per heavy atom. The summed E-state index contributed by atoms with van der Waals surface area (Å²) in [6.07, 6.45) is 2.48. The molecule has 0 bridgehead atoms. The lowest BCUT2D eigenvalue weighted by atomic mass is 10.2. The predicted molar refractivity (Wildman–Crippen MR) is 95.8 cm³/mol. The topological polar surface area (TPSA) is 58.1 Å². The molecule has 5 nitrogen and oxygen atoms in total. The van der Waals surface area contributed by atoms with Crippen LogP contribution in [0.4, 0.5) is 5.69 Å². The summed E-state index contributed by atoms with van der Waals surface area (Å²) in [5, 5.41) is 0.533. The molecule has 122 valence electrons. The van der Waals surface area contributed by atoms with Gasteiger partial charge < -0.3 is 9.88 Å². The molecule has 24 heavy (non-hydrogen) atoms. The van der Waals surface area contributed by atoms with Crippen LogP contribution < -0.4 is 16.1 Å². The van der Waals surface area contributed by atoms with Gasteiger partial charge in [0.05, 0.1) is 17.4 Å². The molecule has 1 aliphatic heterocycles. The van der Waals surface area contributed by atoms with E-state index in [4.69, 9.17) is 0 Å². The van der Waals surface area contributed by atoms with Gasteiger partial charge in [0, 0.05) is 18.8 Å². The predicted octanol–water partition coefficient (Wildman–Crippen LogP) is 2.34. The maximum atomic E-state index is 12.6. The van der Waals surface area contributed by atoms with Gasteiger partial charge in [-0.15, -0.1) is 0 Å². The Hall–Kier alpha value is -2.82. The number of aromatic nitrogens is 2. The van der Waals surface area contributed by atoms with Crippen LogP contribution in [0, 0.1) is 0 Å². The smallest absolute Gasteiger partial charge is 0.329 e. The van der Waals surface area contributed by atoms with Gasteiger partial charge in [-0.1, -0.05) is 24.3 Å². The van der Waals surface area contributed by atoms with E-state index >= 15 is 0 Å². The third-order valence-corrected chi connectivity index (χ3v) is 4.64. The molecule has 0 aliphatic carbocycles. The summed E-state index contributed by atoms with van der Waals surface area (Å²) >= 11 is 0. The molecule has 0 unspecified atom stereocenters. The fraction of sp³-hybridized carbons (Fsp3) is 0.263. The Morgan fingerprint density at radius 3 is 2.38 bits per heavy atom. The maximum Gasteiger partial charge on any atom is 0.329 e. The van der Waals surface area contributed by atoms with Crippen molar-refractivity contribution in [2.75, 3.05) is 18.0 Å². The zero-order chi connectivity index (χ0) is 16.5. The number of nitrogens with one attached hydrogen (secondary N) is 1. The van der Waals surface area contributed by atoms with E-state index in [1.807, 2.05) is 12.1 Å². The van der Waals surface area contributed by atoms with Gasteiger partial charge in [0.1, 0.15) is 0 Å². The van der Waals surface area contributed by atoms with Crippen molar-refractivity contribution in [1.29, 1.82) is 0 Å². The molecule has 2 heterocycles. The molecule has 0 amide bonds. The minimum absolute atomic E-state index is 0.252. The molecule has 4 rings (SSSR count). The van der Waals surface area contributed by atoms with Gasteiger partial charge in [-0.05, 0) is 42.7 Å². The lowest BCUT2D eigenvalue weighted by Gasteiger charge is -2.17. The number of H-pyrrole nitrogens is 1. The number of hydrogen-bond acceptors (Lipinski definition) is 3. The van der Waals surface area contributed by atoms with Gasteiger partial charge in [-0.2, -0.15) is 0 Å². The number of benzene rings is 2. The van der Waals surface area contributed by atoms with Crippen LogP contribution in [0.5, 0.6) is 0 Å². The van der Waals surface area contributed by atoms with Crippen LogP contribution in [0.15, 0.2) is 58.1 Å². The molecule has 0 saturated carbocycles. The summed E-state index contributed by atoms with van der Waals surface area (Å²) in [7, 11) is 0. The van der Waals surface area contributed by atoms with Crippen LogP contribution in [0.2, 0.25) is 0 Å². The van der Waals surface area contributed by atoms with Crippen molar-refractivity contribution in [1.82, 2.24) is 9.55 Å². The van der Waals surface area contributed by atoms with Crippen LogP contribution in [0.1, 0.15) is 18.4 Å². The zero-order valence-corrected chi connectivity index (χ0v) is 13.4. The maximum absolute atomic E-state index is 12.6. The zero-order valence-electron chi connectivity index (χ0n) is 13.4. The average molecular weight is 321 g/mol. The molecule has 2 aromatic carbocycles. The first-order valence-corrected chi connectivity index (χ1v) is 8.28. The molecule has 1 aliphatic rings. The van der Waals surface area contributed by atoms with Crippen molar-refractivity contribution in [2.45, 2.75) is 19.4 Å². The Bertz CT molecular complexity index is 980. The van der Waals surface area contributed by atoms with E-state index in [2.05, 4.69) is 22.0 Å². The second-order valence-electron chi connectivity index (χ2n) is 6.23. The minimum Gasteiger partial charge on any atom is -0.372 e. The molecule has 1 N–H and O–H groups in total. The van der Waals surface area contributed by atoms with Crippen LogP contribution in [0.25, 0.3) is 10.9 Å². The number of rotatable bonds is 3. The lowest BCUT2D eigenvalue weighted by Crippen LogP contribution is -2.35. The van der Waals surface area contributed by atoms with E-state index in [1.165, 1.54) is 23.1 Å². The summed E-state index contributed by atoms with van der Waals surface area (Å²) in [5.41, 5.74) is 2.10. The van der Waals surface area contributed by atoms with Gasteiger partial charge in [0.15, 0.2) is 0 Å². The lowest BCUT2D eigenvalue weighted by molar-refractivity contribution is 0.711. The summed E-state index contributed by atoms with van der Waals surface area (Å²) in [6, 6.07) is 15.2. The van der Waals surface area contributed by atoms with Gasteiger partial charge in [0.25, 0.3) is 5.56 Å². The number of hydrogen-bond donors (Lipinski definition) is 1. The fourth-order valence-corrected chi connectivity index (χ4v) is 3.31. The summed E-state index contributed by atoms with van der Waals surface area (Å²) in [4.78, 5) is 29.9. The summed E-state index contributed by atoms with van der Waals surface area (Å²) in [6.45, 7) is 2.48. The normalized spacial score (nSPS) is 14.4. The number of anilines is 1. The molecule has 1 saturated heterocycles. The highest BCUT2D eigenvalue weighted by molar-refractivity contribution is 5.76. The van der Waals surface area contributed by atoms with E-state index in [1.54, 1.807) is 24.3 Å². The second-order valence-corrected chi connectivity index (χ2v) is 6.23. The number of nitrogens with zero attached hydrogens (tertiary/aromatic N) is 2. The third kappa shape index (κ3) is 2.62. The molecule has 0 spiro atoms. The first kappa shape index (κ1) is 14.8. The molecule has 0 atom stereocenters. The van der Waals surface area contributed by atoms with Crippen LogP contribution in [0.3, 0.4) is 0 Å². The Morgan fingerprint density at radius 2 is 1.62 bits per heavy atom. The fourth-order valence-electron chi connectivity index (χ4n) is 3.31. The van der Waals surface area contributed by atoms with Crippen LogP contribution in [-0.2, 0) is 6.54 Å². The SMILES string of the molecule is O=c1[nH]c2ccccc2c(=O)n1Cc1ccc(N2CCCC2)cc1. The van der Waals surface area contributed by atoms with Crippen LogP contribution in [-0.4, -0.2) is 22.6 Å². The second kappa shape index (κ2) is 6.00. The standard InChI is InChI=1S/C19H19N3O2/c23-18-16-5-1-2-6-17(16)20-19(24)22(18)13-14-7-9-15(10-8-14)21-11-3-4-12-21/h1-2,5-10H,3-4,11-13H2,(H,20,24). The van der Waals surface area contributed by atoms with E-state index in [9.17, 15) is 9.59 Å². The van der Waals surface area contributed by atoms with E-state index in [0.29, 0.717) is 10.9 Å². The highest BCUT2D eigenvalue weighted by Crippen LogP contribution is 2.20. The van der Waals surface area contributed by atoms with Gasteiger partial charge in [-0.25, -0.2) is 4.79 Å². The van der Waals surface area contributed by atoms with E-state index in [0.717, 1.165) is 18.7 Å². The van der Waals surface area contributed by atoms with E-state index < -0.39 is 0 Å². The highest BCUT2D eigenvalue weighted by atomic mass is 16.2. The third-order valence-electron chi connectivity index (χ3n) is 4.64. The first-order valence-electron chi connectivity index (χ1n) is 8.28. The van der Waals surface area contributed by atoms with Crippen molar-refractivity contribution in [3.63, 3.8) is 0 Å². The van der Waals surface area contributed by atoms with Crippen molar-refractivity contribution in [3.05, 3.63) is 74.9 Å². The van der Waals surface area contributed by atoms with Gasteiger partial charge >= 0.3 is 5.69 Å². The molecule has 5 heteroatoms. The first-order chi connectivity index (χ1) is 11.7. The van der Waals surface area contributed by atoms with Crippen molar-refractivity contribution in [2.24, 2.45) is 0 Å². The summed E-state index contributed by atoms with van der Waals surface area (Å²) in [5.74, 6) is 0. The number of aromatic amines is 1. The monoisotopic (exact) mass is 321 g/mol. The number of para-hydroxylation sites is 1. The van der Waals surface area contributed by atoms with Crippen molar-refractivity contribution < 1.29 is 0 Å². The quantitative estimate of drug-likeness (QED) is 0.805. The summed E-state index contributed by atoms with van der Waals surface area (Å²) < 4.78 is 1.26. The highest BCUT2D eigenvalue weighted by Gasteiger charge is 2.12. The Balaban J connectivity index is 1.67. The molecule has 3 aromatic rings. The molecule has 0 radical (unpaired) electrons. The van der Waals surface area contributed by atoms with Crippen LogP contribution >= 0.6 is 0 Å². The van der Waals surface area contributed by atoms with Crippen molar-refractivity contribution >= 4 is 16.6 Å². The molecule has 1 aromatic heterocycles. The average Bonchev–Trinajstić information content (AvgIpc) is 3.14. The molecular weight excluding hydrogens is 302 g/mol. The minimum atomic E-state index is -0.373. The Labute approximate surface area is 139 Å². The number of fused-ring (bicyclic) bond motifs is 1. The largest absolute Gasteiger partial charge is 0.372 e. The van der Waals surface area contributed by atoms with Crippen molar-refractivity contribution in [3.8, 4) is 0 Å². The van der Waals surface area contributed by atoms with E-state index in [-0.39, 0.29) is 17.8 Å². The van der Waals surface area contributed by atoms with Gasteiger partial charge in [-0.3, -0.25) is 9.36 Å². The Kier molecular flexibility index (Phi) is 3.69. The van der Waals surface area contributed by atoms with Gasteiger partial charge in [0.2, 0.25) is 0 Å².